The first-order valence-electron chi connectivity index (χ1n) is 7.73. The lowest BCUT2D eigenvalue weighted by molar-refractivity contribution is -0.121. The normalized spacial score (nSPS) is 10.9. The standard InChI is InChI=1S/C15H32N2O/c1-4-7-8-9-10-11-12-13-15(18)16-14-17(5-2)6-3/h4-14H2,1-3H3,(H,16,18). The second kappa shape index (κ2) is 12.9. The monoisotopic (exact) mass is 256 g/mol. The van der Waals surface area contributed by atoms with Crippen molar-refractivity contribution in [2.24, 2.45) is 0 Å². The molecule has 1 amide bonds. The van der Waals surface area contributed by atoms with Crippen LogP contribution in [0.25, 0.3) is 0 Å². The third kappa shape index (κ3) is 10.6. The summed E-state index contributed by atoms with van der Waals surface area (Å²) in [4.78, 5) is 13.8. The van der Waals surface area contributed by atoms with E-state index >= 15 is 0 Å². The van der Waals surface area contributed by atoms with Crippen LogP contribution >= 0.6 is 0 Å². The topological polar surface area (TPSA) is 32.3 Å². The second-order valence-electron chi connectivity index (χ2n) is 4.93. The lowest BCUT2D eigenvalue weighted by atomic mass is 10.1. The Kier molecular flexibility index (Phi) is 12.5. The lowest BCUT2D eigenvalue weighted by Crippen LogP contribution is -2.37. The van der Waals surface area contributed by atoms with Gasteiger partial charge in [-0.2, -0.15) is 0 Å². The smallest absolute Gasteiger partial charge is 0.220 e. The maximum Gasteiger partial charge on any atom is 0.220 e. The van der Waals surface area contributed by atoms with Crippen molar-refractivity contribution >= 4 is 5.91 Å². The summed E-state index contributed by atoms with van der Waals surface area (Å²) in [6, 6.07) is 0. The molecule has 0 aliphatic heterocycles. The number of hydrogen-bond donors (Lipinski definition) is 1. The van der Waals surface area contributed by atoms with Gasteiger partial charge in [0.15, 0.2) is 0 Å². The van der Waals surface area contributed by atoms with Crippen molar-refractivity contribution in [1.82, 2.24) is 10.2 Å². The van der Waals surface area contributed by atoms with Crippen LogP contribution in [0.1, 0.15) is 72.1 Å². The molecule has 0 aliphatic rings. The van der Waals surface area contributed by atoms with E-state index in [0.717, 1.165) is 19.5 Å². The molecular formula is C15H32N2O. The highest BCUT2D eigenvalue weighted by Crippen LogP contribution is 2.08. The summed E-state index contributed by atoms with van der Waals surface area (Å²) >= 11 is 0. The Morgan fingerprint density at radius 1 is 0.889 bits per heavy atom. The molecule has 0 unspecified atom stereocenters. The zero-order valence-corrected chi connectivity index (χ0v) is 12.6. The fraction of sp³-hybridized carbons (Fsp3) is 0.933. The number of unbranched alkanes of at least 4 members (excludes halogenated alkanes) is 6. The molecular weight excluding hydrogens is 224 g/mol. The molecule has 0 atom stereocenters. The molecule has 18 heavy (non-hydrogen) atoms. The van der Waals surface area contributed by atoms with Crippen molar-refractivity contribution in [1.29, 1.82) is 0 Å². The minimum atomic E-state index is 0.204. The molecule has 0 rings (SSSR count). The van der Waals surface area contributed by atoms with Crippen LogP contribution in [0.5, 0.6) is 0 Å². The van der Waals surface area contributed by atoms with Crippen LogP contribution < -0.4 is 5.32 Å². The van der Waals surface area contributed by atoms with E-state index in [2.05, 4.69) is 31.0 Å². The van der Waals surface area contributed by atoms with E-state index < -0.39 is 0 Å². The number of carbonyl (C=O) groups excluding carboxylic acids is 1. The Bertz CT molecular complexity index is 191. The zero-order chi connectivity index (χ0) is 13.6. The van der Waals surface area contributed by atoms with Crippen molar-refractivity contribution < 1.29 is 4.79 Å². The van der Waals surface area contributed by atoms with E-state index in [4.69, 9.17) is 0 Å². The summed E-state index contributed by atoms with van der Waals surface area (Å²) < 4.78 is 0. The van der Waals surface area contributed by atoms with Crippen molar-refractivity contribution in [2.45, 2.75) is 72.1 Å². The molecule has 0 saturated heterocycles. The summed E-state index contributed by atoms with van der Waals surface area (Å²) in [6.45, 7) is 9.16. The van der Waals surface area contributed by atoms with Crippen LogP contribution in [0.2, 0.25) is 0 Å². The summed E-state index contributed by atoms with van der Waals surface area (Å²) in [5, 5.41) is 2.98. The third-order valence-corrected chi connectivity index (χ3v) is 3.40. The fourth-order valence-electron chi connectivity index (χ4n) is 1.98. The van der Waals surface area contributed by atoms with Crippen LogP contribution in [-0.4, -0.2) is 30.6 Å². The van der Waals surface area contributed by atoms with Gasteiger partial charge >= 0.3 is 0 Å². The number of rotatable bonds is 12. The average molecular weight is 256 g/mol. The highest BCUT2D eigenvalue weighted by atomic mass is 16.1. The minimum Gasteiger partial charge on any atom is -0.343 e. The number of amides is 1. The maximum absolute atomic E-state index is 11.6. The van der Waals surface area contributed by atoms with Crippen LogP contribution in [0.15, 0.2) is 0 Å². The van der Waals surface area contributed by atoms with Gasteiger partial charge in [-0.3, -0.25) is 9.69 Å². The van der Waals surface area contributed by atoms with Gasteiger partial charge in [-0.15, -0.1) is 0 Å². The zero-order valence-electron chi connectivity index (χ0n) is 12.6. The number of hydrogen-bond acceptors (Lipinski definition) is 2. The Morgan fingerprint density at radius 2 is 1.44 bits per heavy atom. The van der Waals surface area contributed by atoms with Crippen molar-refractivity contribution in [3.63, 3.8) is 0 Å². The summed E-state index contributed by atoms with van der Waals surface area (Å²) in [5.41, 5.74) is 0. The van der Waals surface area contributed by atoms with E-state index in [9.17, 15) is 4.79 Å². The summed E-state index contributed by atoms with van der Waals surface area (Å²) in [5.74, 6) is 0.204. The Hall–Kier alpha value is -0.570. The molecule has 0 aromatic heterocycles. The highest BCUT2D eigenvalue weighted by Gasteiger charge is 2.03. The maximum atomic E-state index is 11.6. The first kappa shape index (κ1) is 17.4. The van der Waals surface area contributed by atoms with E-state index in [-0.39, 0.29) is 5.91 Å². The molecule has 0 fully saturated rings. The van der Waals surface area contributed by atoms with Gasteiger partial charge in [0.2, 0.25) is 5.91 Å². The number of nitrogens with zero attached hydrogens (tertiary/aromatic N) is 1. The summed E-state index contributed by atoms with van der Waals surface area (Å²) in [7, 11) is 0. The minimum absolute atomic E-state index is 0.204. The van der Waals surface area contributed by atoms with Gasteiger partial charge in [-0.05, 0) is 19.5 Å². The predicted octanol–water partition coefficient (Wildman–Crippen LogP) is 3.54. The van der Waals surface area contributed by atoms with Gasteiger partial charge in [0.1, 0.15) is 0 Å². The van der Waals surface area contributed by atoms with Gasteiger partial charge in [-0.25, -0.2) is 0 Å². The number of nitrogens with one attached hydrogen (secondary N) is 1. The Balaban J connectivity index is 3.31. The van der Waals surface area contributed by atoms with Gasteiger partial charge in [0, 0.05) is 6.42 Å². The largest absolute Gasteiger partial charge is 0.343 e. The lowest BCUT2D eigenvalue weighted by Gasteiger charge is -2.18. The second-order valence-corrected chi connectivity index (χ2v) is 4.93. The third-order valence-electron chi connectivity index (χ3n) is 3.40. The number of carbonyl (C=O) groups is 1. The molecule has 108 valence electrons. The van der Waals surface area contributed by atoms with E-state index in [1.807, 2.05) is 0 Å². The van der Waals surface area contributed by atoms with Crippen molar-refractivity contribution in [2.75, 3.05) is 19.8 Å². The molecule has 0 spiro atoms. The van der Waals surface area contributed by atoms with E-state index in [1.165, 1.54) is 38.5 Å². The highest BCUT2D eigenvalue weighted by molar-refractivity contribution is 5.75. The molecule has 0 aliphatic carbocycles. The summed E-state index contributed by atoms with van der Waals surface area (Å²) in [6.07, 6.45) is 9.54. The van der Waals surface area contributed by atoms with Crippen LogP contribution in [-0.2, 0) is 4.79 Å². The SMILES string of the molecule is CCCCCCCCCC(=O)NCN(CC)CC. The molecule has 3 heteroatoms. The van der Waals surface area contributed by atoms with Crippen molar-refractivity contribution in [3.05, 3.63) is 0 Å². The first-order chi connectivity index (χ1) is 8.74. The molecule has 0 radical (unpaired) electrons. The molecule has 0 saturated carbocycles. The molecule has 1 N–H and O–H groups in total. The van der Waals surface area contributed by atoms with Gasteiger partial charge in [0.25, 0.3) is 0 Å². The average Bonchev–Trinajstić information content (AvgIpc) is 2.39. The van der Waals surface area contributed by atoms with Crippen LogP contribution in [0.3, 0.4) is 0 Å². The predicted molar refractivity (Wildman–Crippen MR) is 78.5 cm³/mol. The quantitative estimate of drug-likeness (QED) is 0.428. The van der Waals surface area contributed by atoms with E-state index in [1.54, 1.807) is 0 Å². The Morgan fingerprint density at radius 3 is 2.00 bits per heavy atom. The van der Waals surface area contributed by atoms with Gasteiger partial charge < -0.3 is 5.32 Å². The molecule has 0 aromatic rings. The molecule has 3 nitrogen and oxygen atoms in total. The van der Waals surface area contributed by atoms with Crippen LogP contribution in [0.4, 0.5) is 0 Å². The fourth-order valence-corrected chi connectivity index (χ4v) is 1.98. The van der Waals surface area contributed by atoms with E-state index in [0.29, 0.717) is 13.1 Å². The van der Waals surface area contributed by atoms with Gasteiger partial charge in [-0.1, -0.05) is 59.3 Å². The first-order valence-corrected chi connectivity index (χ1v) is 7.73. The molecule has 0 bridgehead atoms. The van der Waals surface area contributed by atoms with Crippen LogP contribution in [0, 0.1) is 0 Å². The van der Waals surface area contributed by atoms with Crippen molar-refractivity contribution in [3.8, 4) is 0 Å². The molecule has 0 heterocycles. The van der Waals surface area contributed by atoms with Gasteiger partial charge in [0.05, 0.1) is 6.67 Å². The Labute approximate surface area is 113 Å². The molecule has 0 aromatic carbocycles.